The molecule has 3 rings (SSSR count). The number of aromatic nitrogens is 3. The van der Waals surface area contributed by atoms with Crippen molar-refractivity contribution in [2.45, 2.75) is 24.9 Å². The highest BCUT2D eigenvalue weighted by Gasteiger charge is 2.35. The summed E-state index contributed by atoms with van der Waals surface area (Å²) < 4.78 is 67.9. The third kappa shape index (κ3) is 5.19. The maximum atomic E-state index is 14.4. The average molecular weight is 426 g/mol. The Kier molecular flexibility index (Phi) is 6.18. The molecule has 0 spiro atoms. The molecule has 5 nitrogen and oxygen atoms in total. The Hall–Kier alpha value is -2.85. The van der Waals surface area contributed by atoms with Crippen LogP contribution in [0.3, 0.4) is 0 Å². The topological polar surface area (TPSA) is 54.2 Å². The smallest absolute Gasteiger partial charge is 0.382 e. The average Bonchev–Trinajstić information content (AvgIpc) is 3.13. The second-order valence-electron chi connectivity index (χ2n) is 7.12. The maximum Gasteiger partial charge on any atom is 0.416 e. The predicted octanol–water partition coefficient (Wildman–Crippen LogP) is 3.59. The highest BCUT2D eigenvalue weighted by atomic mass is 19.4. The highest BCUT2D eigenvalue weighted by molar-refractivity contribution is 5.27. The third-order valence-electron chi connectivity index (χ3n) is 4.56. The zero-order chi connectivity index (χ0) is 21.9. The van der Waals surface area contributed by atoms with Gasteiger partial charge in [0.25, 0.3) is 0 Å². The summed E-state index contributed by atoms with van der Waals surface area (Å²) in [6.07, 6.45) is -1.90. The normalized spacial score (nSPS) is 14.1. The van der Waals surface area contributed by atoms with Gasteiger partial charge < -0.3 is 5.11 Å². The standard InChI is InChI=1S/C20H19F5N4O/c1-28(9-14-3-2-4-15(7-14)20(23,24)25)10-19(30,11-29-13-26-12-27-29)17-6-5-16(21)8-18(17)22/h2-8,12-13,30H,9-11H2,1H3. The van der Waals surface area contributed by atoms with Crippen LogP contribution in [0.25, 0.3) is 0 Å². The molecule has 0 saturated heterocycles. The third-order valence-corrected chi connectivity index (χ3v) is 4.56. The Morgan fingerprint density at radius 1 is 1.10 bits per heavy atom. The first-order valence-electron chi connectivity index (χ1n) is 8.92. The van der Waals surface area contributed by atoms with Crippen LogP contribution in [0.2, 0.25) is 0 Å². The second kappa shape index (κ2) is 8.49. The van der Waals surface area contributed by atoms with Gasteiger partial charge in [-0.1, -0.05) is 24.3 Å². The van der Waals surface area contributed by atoms with Gasteiger partial charge in [-0.15, -0.1) is 0 Å². The van der Waals surface area contributed by atoms with Crippen molar-refractivity contribution in [2.75, 3.05) is 13.6 Å². The van der Waals surface area contributed by atoms with E-state index in [1.807, 2.05) is 0 Å². The van der Waals surface area contributed by atoms with Crippen LogP contribution in [-0.4, -0.2) is 38.4 Å². The van der Waals surface area contributed by atoms with Gasteiger partial charge in [0.05, 0.1) is 12.1 Å². The van der Waals surface area contributed by atoms with E-state index in [-0.39, 0.29) is 25.2 Å². The number of nitrogens with zero attached hydrogens (tertiary/aromatic N) is 4. The fourth-order valence-corrected chi connectivity index (χ4v) is 3.33. The summed E-state index contributed by atoms with van der Waals surface area (Å²) in [5.74, 6) is -1.73. The van der Waals surface area contributed by atoms with Crippen molar-refractivity contribution < 1.29 is 27.1 Å². The summed E-state index contributed by atoms with van der Waals surface area (Å²) in [7, 11) is 1.58. The van der Waals surface area contributed by atoms with Gasteiger partial charge in [0.15, 0.2) is 0 Å². The first-order chi connectivity index (χ1) is 14.1. The molecule has 0 bridgehead atoms. The van der Waals surface area contributed by atoms with E-state index < -0.39 is 29.0 Å². The lowest BCUT2D eigenvalue weighted by atomic mass is 9.92. The molecule has 30 heavy (non-hydrogen) atoms. The van der Waals surface area contributed by atoms with Gasteiger partial charge in [0.1, 0.15) is 29.9 Å². The number of likely N-dealkylation sites (N-methyl/N-ethyl adjacent to an activating group) is 1. The van der Waals surface area contributed by atoms with Crippen molar-refractivity contribution in [3.63, 3.8) is 0 Å². The van der Waals surface area contributed by atoms with Crippen molar-refractivity contribution >= 4 is 0 Å². The van der Waals surface area contributed by atoms with Gasteiger partial charge in [0.2, 0.25) is 0 Å². The van der Waals surface area contributed by atoms with Crippen LogP contribution in [0, 0.1) is 11.6 Å². The lowest BCUT2D eigenvalue weighted by Gasteiger charge is -2.33. The van der Waals surface area contributed by atoms with Crippen LogP contribution in [-0.2, 0) is 24.9 Å². The van der Waals surface area contributed by atoms with E-state index in [0.29, 0.717) is 11.6 Å². The first kappa shape index (κ1) is 21.8. The SMILES string of the molecule is CN(Cc1cccc(C(F)(F)F)c1)CC(O)(Cn1cncn1)c1ccc(F)cc1F. The summed E-state index contributed by atoms with van der Waals surface area (Å²) >= 11 is 0. The molecule has 0 fully saturated rings. The van der Waals surface area contributed by atoms with Crippen LogP contribution in [0.15, 0.2) is 55.1 Å². The summed E-state index contributed by atoms with van der Waals surface area (Å²) in [4.78, 5) is 5.33. The second-order valence-corrected chi connectivity index (χ2v) is 7.12. The molecular weight excluding hydrogens is 407 g/mol. The summed E-state index contributed by atoms with van der Waals surface area (Å²) in [6.45, 7) is -0.291. The lowest BCUT2D eigenvalue weighted by Crippen LogP contribution is -2.43. The van der Waals surface area contributed by atoms with E-state index in [1.165, 1.54) is 29.5 Å². The van der Waals surface area contributed by atoms with E-state index in [9.17, 15) is 27.1 Å². The van der Waals surface area contributed by atoms with Crippen LogP contribution in [0.5, 0.6) is 0 Å². The van der Waals surface area contributed by atoms with Crippen LogP contribution >= 0.6 is 0 Å². The predicted molar refractivity (Wildman–Crippen MR) is 98.1 cm³/mol. The number of aliphatic hydroxyl groups is 1. The monoisotopic (exact) mass is 426 g/mol. The number of hydrogen-bond acceptors (Lipinski definition) is 4. The Morgan fingerprint density at radius 2 is 1.87 bits per heavy atom. The van der Waals surface area contributed by atoms with E-state index >= 15 is 0 Å². The molecule has 1 unspecified atom stereocenters. The minimum atomic E-state index is -4.47. The van der Waals surface area contributed by atoms with Crippen LogP contribution in [0.1, 0.15) is 16.7 Å². The van der Waals surface area contributed by atoms with Gasteiger partial charge >= 0.3 is 6.18 Å². The fourth-order valence-electron chi connectivity index (χ4n) is 3.33. The Labute approximate surface area is 169 Å². The molecule has 1 aromatic heterocycles. The molecule has 0 amide bonds. The van der Waals surface area contributed by atoms with Crippen molar-refractivity contribution in [3.05, 3.63) is 83.4 Å². The summed E-state index contributed by atoms with van der Waals surface area (Å²) in [5, 5.41) is 15.2. The fraction of sp³-hybridized carbons (Fsp3) is 0.300. The zero-order valence-corrected chi connectivity index (χ0v) is 15.9. The van der Waals surface area contributed by atoms with Gasteiger partial charge in [-0.2, -0.15) is 18.3 Å². The lowest BCUT2D eigenvalue weighted by molar-refractivity contribution is -0.137. The maximum absolute atomic E-state index is 14.4. The van der Waals surface area contributed by atoms with Gasteiger partial charge in [-0.3, -0.25) is 4.90 Å². The van der Waals surface area contributed by atoms with E-state index in [0.717, 1.165) is 24.3 Å². The molecule has 1 heterocycles. The number of rotatable bonds is 7. The molecule has 0 radical (unpaired) electrons. The highest BCUT2D eigenvalue weighted by Crippen LogP contribution is 2.31. The minimum Gasteiger partial charge on any atom is -0.382 e. The van der Waals surface area contributed by atoms with E-state index in [2.05, 4.69) is 10.1 Å². The molecule has 10 heteroatoms. The first-order valence-corrected chi connectivity index (χ1v) is 8.92. The molecule has 160 valence electrons. The molecule has 1 N–H and O–H groups in total. The van der Waals surface area contributed by atoms with Gasteiger partial charge in [-0.25, -0.2) is 18.4 Å². The van der Waals surface area contributed by atoms with Crippen molar-refractivity contribution in [2.24, 2.45) is 0 Å². The van der Waals surface area contributed by atoms with Crippen molar-refractivity contribution in [1.29, 1.82) is 0 Å². The van der Waals surface area contributed by atoms with Crippen LogP contribution < -0.4 is 0 Å². The molecule has 0 aliphatic rings. The largest absolute Gasteiger partial charge is 0.416 e. The van der Waals surface area contributed by atoms with E-state index in [4.69, 9.17) is 0 Å². The number of alkyl halides is 3. The molecule has 0 aliphatic heterocycles. The Morgan fingerprint density at radius 3 is 2.50 bits per heavy atom. The number of halogens is 5. The van der Waals surface area contributed by atoms with E-state index in [1.54, 1.807) is 11.9 Å². The van der Waals surface area contributed by atoms with Crippen molar-refractivity contribution in [1.82, 2.24) is 19.7 Å². The molecule has 3 aromatic rings. The van der Waals surface area contributed by atoms with Crippen molar-refractivity contribution in [3.8, 4) is 0 Å². The molecule has 1 atom stereocenters. The minimum absolute atomic E-state index is 0.0619. The van der Waals surface area contributed by atoms with Gasteiger partial charge in [-0.05, 0) is 24.7 Å². The number of hydrogen-bond donors (Lipinski definition) is 1. The molecule has 2 aromatic carbocycles. The molecule has 0 saturated carbocycles. The van der Waals surface area contributed by atoms with Crippen LogP contribution in [0.4, 0.5) is 22.0 Å². The summed E-state index contributed by atoms with van der Waals surface area (Å²) in [5.41, 5.74) is -2.41. The summed E-state index contributed by atoms with van der Waals surface area (Å²) in [6, 6.07) is 7.64. The van der Waals surface area contributed by atoms with Gasteiger partial charge in [0, 0.05) is 24.7 Å². The molecule has 0 aliphatic carbocycles. The Balaban J connectivity index is 1.86. The number of benzene rings is 2. The quantitative estimate of drug-likeness (QED) is 0.587. The molecular formula is C20H19F5N4O. The zero-order valence-electron chi connectivity index (χ0n) is 15.9. The Bertz CT molecular complexity index is 993.